The number of pyridine rings is 1. The second-order valence-electron chi connectivity index (χ2n) is 5.40. The van der Waals surface area contributed by atoms with Crippen LogP contribution in [0.5, 0.6) is 5.75 Å². The number of hydrogen-bond donors (Lipinski definition) is 1. The minimum Gasteiger partial charge on any atom is -0.492 e. The monoisotopic (exact) mass is 282 g/mol. The van der Waals surface area contributed by atoms with Crippen LogP contribution in [0.15, 0.2) is 36.7 Å². The Balaban J connectivity index is 1.89. The van der Waals surface area contributed by atoms with Crippen molar-refractivity contribution in [1.29, 1.82) is 0 Å². The molecule has 3 nitrogen and oxygen atoms in total. The number of hydrogen-bond acceptors (Lipinski definition) is 3. The number of nitrogens with one attached hydrogen (secondary N) is 1. The quantitative estimate of drug-likeness (QED) is 0.907. The molecule has 0 aliphatic heterocycles. The minimum atomic E-state index is 0.520. The van der Waals surface area contributed by atoms with Crippen LogP contribution in [0.25, 0.3) is 11.1 Å². The SMILES string of the molecule is CCNC1CCc2cc(-c3cncc(OCC)c3)ccc21. The van der Waals surface area contributed by atoms with Crippen molar-refractivity contribution in [2.45, 2.75) is 32.7 Å². The van der Waals surface area contributed by atoms with E-state index >= 15 is 0 Å². The standard InChI is InChI=1S/C18H22N2O/c1-3-20-18-8-6-14-9-13(5-7-17(14)18)15-10-16(21-4-2)12-19-11-15/h5,7,9-12,18,20H,3-4,6,8H2,1-2H3. The Labute approximate surface area is 126 Å². The van der Waals surface area contributed by atoms with Crippen LogP contribution in [0.1, 0.15) is 37.4 Å². The summed E-state index contributed by atoms with van der Waals surface area (Å²) in [6, 6.07) is 9.35. The minimum absolute atomic E-state index is 0.520. The first-order chi connectivity index (χ1) is 10.3. The van der Waals surface area contributed by atoms with Crippen molar-refractivity contribution in [2.24, 2.45) is 0 Å². The number of rotatable bonds is 5. The van der Waals surface area contributed by atoms with Crippen molar-refractivity contribution in [3.8, 4) is 16.9 Å². The summed E-state index contributed by atoms with van der Waals surface area (Å²) in [5, 5.41) is 3.55. The van der Waals surface area contributed by atoms with Crippen LogP contribution in [-0.2, 0) is 6.42 Å². The third kappa shape index (κ3) is 2.93. The van der Waals surface area contributed by atoms with Gasteiger partial charge in [-0.25, -0.2) is 0 Å². The van der Waals surface area contributed by atoms with E-state index in [2.05, 4.69) is 41.5 Å². The Kier molecular flexibility index (Phi) is 4.20. The lowest BCUT2D eigenvalue weighted by atomic mass is 10.0. The molecule has 1 aromatic heterocycles. The fraction of sp³-hybridized carbons (Fsp3) is 0.389. The molecule has 1 aromatic carbocycles. The summed E-state index contributed by atoms with van der Waals surface area (Å²) >= 11 is 0. The maximum atomic E-state index is 5.54. The molecule has 0 saturated heterocycles. The van der Waals surface area contributed by atoms with Crippen molar-refractivity contribution in [1.82, 2.24) is 10.3 Å². The Morgan fingerprint density at radius 1 is 1.19 bits per heavy atom. The van der Waals surface area contributed by atoms with Gasteiger partial charge in [0.15, 0.2) is 0 Å². The third-order valence-corrected chi connectivity index (χ3v) is 4.03. The first-order valence-electron chi connectivity index (χ1n) is 7.76. The zero-order valence-corrected chi connectivity index (χ0v) is 12.7. The normalized spacial score (nSPS) is 16.8. The van der Waals surface area contributed by atoms with Crippen LogP contribution < -0.4 is 10.1 Å². The van der Waals surface area contributed by atoms with Crippen LogP contribution in [0.4, 0.5) is 0 Å². The molecule has 0 saturated carbocycles. The van der Waals surface area contributed by atoms with E-state index < -0.39 is 0 Å². The van der Waals surface area contributed by atoms with E-state index in [-0.39, 0.29) is 0 Å². The van der Waals surface area contributed by atoms with E-state index in [1.807, 2.05) is 13.1 Å². The van der Waals surface area contributed by atoms with Gasteiger partial charge in [-0.05, 0) is 49.1 Å². The van der Waals surface area contributed by atoms with Gasteiger partial charge in [0, 0.05) is 17.8 Å². The van der Waals surface area contributed by atoms with Crippen molar-refractivity contribution in [2.75, 3.05) is 13.2 Å². The molecule has 1 N–H and O–H groups in total. The number of ether oxygens (including phenoxy) is 1. The summed E-state index contributed by atoms with van der Waals surface area (Å²) in [5.74, 6) is 0.834. The van der Waals surface area contributed by atoms with Gasteiger partial charge in [0.2, 0.25) is 0 Å². The summed E-state index contributed by atoms with van der Waals surface area (Å²) < 4.78 is 5.54. The second kappa shape index (κ2) is 6.27. The topological polar surface area (TPSA) is 34.2 Å². The Morgan fingerprint density at radius 2 is 2.10 bits per heavy atom. The van der Waals surface area contributed by atoms with Crippen molar-refractivity contribution >= 4 is 0 Å². The molecule has 3 rings (SSSR count). The predicted octanol–water partition coefficient (Wildman–Crippen LogP) is 3.74. The van der Waals surface area contributed by atoms with E-state index in [9.17, 15) is 0 Å². The molecule has 0 bridgehead atoms. The fourth-order valence-electron chi connectivity index (χ4n) is 3.08. The van der Waals surface area contributed by atoms with Gasteiger partial charge in [-0.1, -0.05) is 25.1 Å². The zero-order chi connectivity index (χ0) is 14.7. The maximum absolute atomic E-state index is 5.54. The number of aromatic nitrogens is 1. The largest absolute Gasteiger partial charge is 0.492 e. The molecule has 21 heavy (non-hydrogen) atoms. The van der Waals surface area contributed by atoms with E-state index in [1.54, 1.807) is 6.20 Å². The summed E-state index contributed by atoms with van der Waals surface area (Å²) in [6.45, 7) is 5.84. The van der Waals surface area contributed by atoms with Gasteiger partial charge < -0.3 is 10.1 Å². The van der Waals surface area contributed by atoms with E-state index in [4.69, 9.17) is 4.74 Å². The first-order valence-corrected chi connectivity index (χ1v) is 7.76. The molecule has 110 valence electrons. The number of benzene rings is 1. The van der Waals surface area contributed by atoms with Gasteiger partial charge in [0.05, 0.1) is 12.8 Å². The summed E-state index contributed by atoms with van der Waals surface area (Å²) in [5.41, 5.74) is 5.25. The van der Waals surface area contributed by atoms with Crippen molar-refractivity contribution < 1.29 is 4.74 Å². The third-order valence-electron chi connectivity index (χ3n) is 4.03. The van der Waals surface area contributed by atoms with Gasteiger partial charge in [-0.3, -0.25) is 4.98 Å². The van der Waals surface area contributed by atoms with E-state index in [1.165, 1.54) is 23.1 Å². The second-order valence-corrected chi connectivity index (χ2v) is 5.40. The van der Waals surface area contributed by atoms with Crippen LogP contribution >= 0.6 is 0 Å². The molecule has 1 heterocycles. The van der Waals surface area contributed by atoms with Gasteiger partial charge >= 0.3 is 0 Å². The maximum Gasteiger partial charge on any atom is 0.138 e. The molecular weight excluding hydrogens is 260 g/mol. The molecule has 1 unspecified atom stereocenters. The molecule has 0 radical (unpaired) electrons. The summed E-state index contributed by atoms with van der Waals surface area (Å²) in [7, 11) is 0. The summed E-state index contributed by atoms with van der Waals surface area (Å²) in [4.78, 5) is 4.28. The highest BCUT2D eigenvalue weighted by Gasteiger charge is 2.21. The van der Waals surface area contributed by atoms with Gasteiger partial charge in [0.25, 0.3) is 0 Å². The molecule has 0 amide bonds. The number of nitrogens with zero attached hydrogens (tertiary/aromatic N) is 1. The molecule has 0 fully saturated rings. The Bertz CT molecular complexity index is 624. The highest BCUT2D eigenvalue weighted by atomic mass is 16.5. The van der Waals surface area contributed by atoms with Crippen LogP contribution in [0, 0.1) is 0 Å². The average molecular weight is 282 g/mol. The Hall–Kier alpha value is -1.87. The Morgan fingerprint density at radius 3 is 2.90 bits per heavy atom. The molecule has 3 heteroatoms. The predicted molar refractivity (Wildman–Crippen MR) is 85.6 cm³/mol. The smallest absolute Gasteiger partial charge is 0.138 e. The van der Waals surface area contributed by atoms with E-state index in [0.717, 1.165) is 24.3 Å². The lowest BCUT2D eigenvalue weighted by molar-refractivity contribution is 0.339. The lowest BCUT2D eigenvalue weighted by Crippen LogP contribution is -2.18. The van der Waals surface area contributed by atoms with Gasteiger partial charge in [0.1, 0.15) is 5.75 Å². The van der Waals surface area contributed by atoms with Gasteiger partial charge in [-0.15, -0.1) is 0 Å². The average Bonchev–Trinajstić information content (AvgIpc) is 2.91. The lowest BCUT2D eigenvalue weighted by Gasteiger charge is -2.13. The number of aryl methyl sites for hydroxylation is 1. The molecule has 1 atom stereocenters. The molecule has 2 aromatic rings. The molecule has 0 spiro atoms. The van der Waals surface area contributed by atoms with Crippen molar-refractivity contribution in [3.63, 3.8) is 0 Å². The van der Waals surface area contributed by atoms with Crippen LogP contribution in [0.2, 0.25) is 0 Å². The van der Waals surface area contributed by atoms with Crippen molar-refractivity contribution in [3.05, 3.63) is 47.8 Å². The highest BCUT2D eigenvalue weighted by Crippen LogP contribution is 2.34. The molecule has 1 aliphatic carbocycles. The van der Waals surface area contributed by atoms with Crippen LogP contribution in [0.3, 0.4) is 0 Å². The number of fused-ring (bicyclic) bond motifs is 1. The molecule has 1 aliphatic rings. The van der Waals surface area contributed by atoms with Crippen LogP contribution in [-0.4, -0.2) is 18.1 Å². The highest BCUT2D eigenvalue weighted by molar-refractivity contribution is 5.66. The van der Waals surface area contributed by atoms with Gasteiger partial charge in [-0.2, -0.15) is 0 Å². The molecular formula is C18H22N2O. The fourth-order valence-corrected chi connectivity index (χ4v) is 3.08. The first kappa shape index (κ1) is 14.1. The zero-order valence-electron chi connectivity index (χ0n) is 12.7. The summed E-state index contributed by atoms with van der Waals surface area (Å²) in [6.07, 6.45) is 6.02. The van der Waals surface area contributed by atoms with E-state index in [0.29, 0.717) is 12.6 Å².